The highest BCUT2D eigenvalue weighted by Crippen LogP contribution is 2.16. The van der Waals surface area contributed by atoms with Gasteiger partial charge >= 0.3 is 12.1 Å². The molecule has 0 spiro atoms. The molecule has 0 bridgehead atoms. The third kappa shape index (κ3) is 6.93. The Bertz CT molecular complexity index is 586. The summed E-state index contributed by atoms with van der Waals surface area (Å²) < 4.78 is 5.21. The van der Waals surface area contributed by atoms with Gasteiger partial charge in [-0.3, -0.25) is 4.79 Å². The zero-order valence-electron chi connectivity index (χ0n) is 14.7. The summed E-state index contributed by atoms with van der Waals surface area (Å²) in [6, 6.07) is 8.27. The van der Waals surface area contributed by atoms with E-state index in [9.17, 15) is 19.5 Å². The third-order valence-electron chi connectivity index (χ3n) is 3.71. The lowest BCUT2D eigenvalue weighted by Crippen LogP contribution is -2.45. The molecule has 1 aromatic carbocycles. The van der Waals surface area contributed by atoms with Crippen LogP contribution in [0.25, 0.3) is 0 Å². The summed E-state index contributed by atoms with van der Waals surface area (Å²) >= 11 is 0. The van der Waals surface area contributed by atoms with E-state index in [1.165, 1.54) is 11.9 Å². The van der Waals surface area contributed by atoms with Crippen LogP contribution in [0.1, 0.15) is 32.3 Å². The van der Waals surface area contributed by atoms with Gasteiger partial charge in [-0.25, -0.2) is 9.59 Å². The second-order valence-electron chi connectivity index (χ2n) is 6.32. The molecular weight excluding hydrogens is 326 g/mol. The van der Waals surface area contributed by atoms with Gasteiger partial charge in [0.05, 0.1) is 6.04 Å². The number of hydrogen-bond acceptors (Lipinski definition) is 5. The fourth-order valence-electron chi connectivity index (χ4n) is 2.31. The van der Waals surface area contributed by atoms with Crippen molar-refractivity contribution in [1.82, 2.24) is 4.90 Å². The van der Waals surface area contributed by atoms with E-state index < -0.39 is 36.4 Å². The van der Waals surface area contributed by atoms with Crippen LogP contribution in [-0.4, -0.2) is 52.2 Å². The molecule has 2 atom stereocenters. The average Bonchev–Trinajstić information content (AvgIpc) is 2.57. The molecule has 2 N–H and O–H groups in total. The normalized spacial score (nSPS) is 13.2. The van der Waals surface area contributed by atoms with Gasteiger partial charge in [-0.05, 0) is 17.9 Å². The molecule has 1 amide bonds. The number of carboxylic acids is 1. The molecular formula is C18H25NO6. The molecule has 1 unspecified atom stereocenters. The summed E-state index contributed by atoms with van der Waals surface area (Å²) in [5.41, 5.74) is 0.817. The highest BCUT2D eigenvalue weighted by molar-refractivity contribution is 5.90. The van der Waals surface area contributed by atoms with Crippen molar-refractivity contribution < 1.29 is 29.3 Å². The minimum absolute atomic E-state index is 0.0738. The summed E-state index contributed by atoms with van der Waals surface area (Å²) in [4.78, 5) is 36.5. The summed E-state index contributed by atoms with van der Waals surface area (Å²) in [6.45, 7) is 3.85. The molecule has 0 saturated carbocycles. The molecule has 0 aliphatic carbocycles. The van der Waals surface area contributed by atoms with Crippen molar-refractivity contribution in [3.05, 3.63) is 35.9 Å². The number of hydrogen-bond donors (Lipinski definition) is 2. The van der Waals surface area contributed by atoms with E-state index in [1.54, 1.807) is 0 Å². The monoisotopic (exact) mass is 351 g/mol. The largest absolute Gasteiger partial charge is 0.479 e. The number of ether oxygens (including phenoxy) is 1. The minimum atomic E-state index is -1.78. The van der Waals surface area contributed by atoms with Gasteiger partial charge in [-0.15, -0.1) is 0 Å². The van der Waals surface area contributed by atoms with Gasteiger partial charge in [0.1, 0.15) is 6.61 Å². The zero-order chi connectivity index (χ0) is 19.0. The molecule has 0 heterocycles. The number of carbonyl (C=O) groups excluding carboxylic acids is 2. The topological polar surface area (TPSA) is 104 Å². The van der Waals surface area contributed by atoms with Crippen LogP contribution in [0.4, 0.5) is 4.79 Å². The maximum atomic E-state index is 12.3. The molecule has 0 fully saturated rings. The number of carbonyl (C=O) groups is 3. The van der Waals surface area contributed by atoms with Crippen LogP contribution >= 0.6 is 0 Å². The number of aliphatic carboxylic acids is 1. The molecule has 0 aromatic heterocycles. The first-order chi connectivity index (χ1) is 11.7. The standard InChI is InChI=1S/C18H25NO6/c1-12(2)9-14(15(20)10-16(21)17(22)23)19(3)18(24)25-11-13-7-5-4-6-8-13/h4-8,12,14,16,21H,9-11H2,1-3H3,(H,22,23)/t14-,16?/m0/s1. The smallest absolute Gasteiger partial charge is 0.410 e. The number of aliphatic hydroxyl groups excluding tert-OH is 1. The summed E-state index contributed by atoms with van der Waals surface area (Å²) in [5, 5.41) is 18.1. The lowest BCUT2D eigenvalue weighted by Gasteiger charge is -2.28. The summed E-state index contributed by atoms with van der Waals surface area (Å²) in [7, 11) is 1.44. The van der Waals surface area contributed by atoms with Crippen LogP contribution in [0.5, 0.6) is 0 Å². The van der Waals surface area contributed by atoms with Gasteiger partial charge in [-0.1, -0.05) is 44.2 Å². The predicted octanol–water partition coefficient (Wildman–Crippen LogP) is 2.07. The van der Waals surface area contributed by atoms with Crippen molar-refractivity contribution in [2.75, 3.05) is 7.05 Å². The van der Waals surface area contributed by atoms with Crippen LogP contribution in [0.3, 0.4) is 0 Å². The van der Waals surface area contributed by atoms with Gasteiger partial charge in [-0.2, -0.15) is 0 Å². The molecule has 25 heavy (non-hydrogen) atoms. The molecule has 0 saturated heterocycles. The first-order valence-corrected chi connectivity index (χ1v) is 8.09. The number of rotatable bonds is 9. The van der Waals surface area contributed by atoms with Gasteiger partial charge in [0.2, 0.25) is 0 Å². The van der Waals surface area contributed by atoms with Gasteiger partial charge in [0.15, 0.2) is 11.9 Å². The van der Waals surface area contributed by atoms with Gasteiger partial charge in [0, 0.05) is 13.5 Å². The second kappa shape index (κ2) is 9.78. The van der Waals surface area contributed by atoms with E-state index in [2.05, 4.69) is 0 Å². The second-order valence-corrected chi connectivity index (χ2v) is 6.32. The molecule has 0 aliphatic heterocycles. The van der Waals surface area contributed by atoms with E-state index in [0.717, 1.165) is 5.56 Å². The van der Waals surface area contributed by atoms with Crippen LogP contribution in [0, 0.1) is 5.92 Å². The Morgan fingerprint density at radius 1 is 1.16 bits per heavy atom. The van der Waals surface area contributed by atoms with Crippen molar-refractivity contribution >= 4 is 17.8 Å². The van der Waals surface area contributed by atoms with Crippen molar-refractivity contribution in [3.63, 3.8) is 0 Å². The number of ketones is 1. The number of benzene rings is 1. The molecule has 0 radical (unpaired) electrons. The van der Waals surface area contributed by atoms with E-state index in [0.29, 0.717) is 6.42 Å². The number of carboxylic acid groups (broad SMARTS) is 1. The van der Waals surface area contributed by atoms with Crippen molar-refractivity contribution in [2.45, 2.75) is 45.4 Å². The van der Waals surface area contributed by atoms with Crippen LogP contribution in [0.2, 0.25) is 0 Å². The third-order valence-corrected chi connectivity index (χ3v) is 3.71. The first kappa shape index (κ1) is 20.6. The van der Waals surface area contributed by atoms with Crippen LogP contribution < -0.4 is 0 Å². The van der Waals surface area contributed by atoms with Gasteiger partial charge in [0.25, 0.3) is 0 Å². The Hall–Kier alpha value is -2.41. The lowest BCUT2D eigenvalue weighted by molar-refractivity contribution is -0.149. The zero-order valence-corrected chi connectivity index (χ0v) is 14.7. The van der Waals surface area contributed by atoms with Crippen LogP contribution in [-0.2, 0) is 20.9 Å². The molecule has 1 rings (SSSR count). The number of aliphatic hydroxyl groups is 1. The molecule has 7 heteroatoms. The van der Waals surface area contributed by atoms with E-state index in [1.807, 2.05) is 44.2 Å². The Labute approximate surface area is 147 Å². The predicted molar refractivity (Wildman–Crippen MR) is 90.9 cm³/mol. The number of amides is 1. The SMILES string of the molecule is CC(C)C[C@@H](C(=O)CC(O)C(=O)O)N(C)C(=O)OCc1ccccc1. The summed E-state index contributed by atoms with van der Waals surface area (Å²) in [6.07, 6.45) is -2.66. The lowest BCUT2D eigenvalue weighted by atomic mass is 9.96. The molecule has 0 aliphatic rings. The highest BCUT2D eigenvalue weighted by atomic mass is 16.6. The molecule has 138 valence electrons. The fourth-order valence-corrected chi connectivity index (χ4v) is 2.31. The van der Waals surface area contributed by atoms with E-state index in [-0.39, 0.29) is 12.5 Å². The number of likely N-dealkylation sites (N-methyl/N-ethyl adjacent to an activating group) is 1. The number of nitrogens with zero attached hydrogens (tertiary/aromatic N) is 1. The maximum Gasteiger partial charge on any atom is 0.410 e. The van der Waals surface area contributed by atoms with E-state index >= 15 is 0 Å². The highest BCUT2D eigenvalue weighted by Gasteiger charge is 2.31. The fraction of sp³-hybridized carbons (Fsp3) is 0.500. The molecule has 1 aromatic rings. The minimum Gasteiger partial charge on any atom is -0.479 e. The van der Waals surface area contributed by atoms with E-state index in [4.69, 9.17) is 9.84 Å². The average molecular weight is 351 g/mol. The Kier molecular flexibility index (Phi) is 8.07. The Balaban J connectivity index is 2.73. The van der Waals surface area contributed by atoms with Gasteiger partial charge < -0.3 is 19.8 Å². The molecule has 7 nitrogen and oxygen atoms in total. The van der Waals surface area contributed by atoms with Crippen molar-refractivity contribution in [1.29, 1.82) is 0 Å². The summed E-state index contributed by atoms with van der Waals surface area (Å²) in [5.74, 6) is -1.88. The maximum absolute atomic E-state index is 12.3. The van der Waals surface area contributed by atoms with Crippen LogP contribution in [0.15, 0.2) is 30.3 Å². The Morgan fingerprint density at radius 3 is 2.28 bits per heavy atom. The Morgan fingerprint density at radius 2 is 1.76 bits per heavy atom. The number of Topliss-reactive ketones (excluding diaryl/α,β-unsaturated/α-hetero) is 1. The first-order valence-electron chi connectivity index (χ1n) is 8.09. The van der Waals surface area contributed by atoms with Crippen molar-refractivity contribution in [2.24, 2.45) is 5.92 Å². The quantitative estimate of drug-likeness (QED) is 0.706. The van der Waals surface area contributed by atoms with Crippen molar-refractivity contribution in [3.8, 4) is 0 Å².